The molecule has 8 heteroatoms. The topological polar surface area (TPSA) is 49.9 Å². The molecule has 1 aromatic carbocycles. The van der Waals surface area contributed by atoms with E-state index in [1.54, 1.807) is 0 Å². The van der Waals surface area contributed by atoms with E-state index in [0.29, 0.717) is 13.0 Å². The molecule has 0 aliphatic carbocycles. The molecule has 5 nitrogen and oxygen atoms in total. The molecule has 2 fully saturated rings. The van der Waals surface area contributed by atoms with Gasteiger partial charge in [-0.1, -0.05) is 0 Å². The van der Waals surface area contributed by atoms with Gasteiger partial charge < -0.3 is 4.90 Å². The van der Waals surface area contributed by atoms with Gasteiger partial charge in [0.15, 0.2) is 0 Å². The summed E-state index contributed by atoms with van der Waals surface area (Å²) >= 11 is 0. The van der Waals surface area contributed by atoms with Crippen molar-refractivity contribution in [3.63, 3.8) is 0 Å². The minimum absolute atomic E-state index is 0.140. The third kappa shape index (κ3) is 3.63. The summed E-state index contributed by atoms with van der Waals surface area (Å²) in [4.78, 5) is 30.7. The van der Waals surface area contributed by atoms with Crippen LogP contribution in [0.4, 0.5) is 13.2 Å². The van der Waals surface area contributed by atoms with E-state index in [1.807, 2.05) is 0 Å². The molecule has 0 bridgehead atoms. The Morgan fingerprint density at radius 3 is 2.44 bits per heavy atom. The maximum absolute atomic E-state index is 14.4. The lowest BCUT2D eigenvalue weighted by Crippen LogP contribution is -2.49. The lowest BCUT2D eigenvalue weighted by Gasteiger charge is -2.35. The first-order valence-corrected chi connectivity index (χ1v) is 8.18. The van der Waals surface area contributed by atoms with Crippen LogP contribution in [-0.4, -0.2) is 47.6 Å². The van der Waals surface area contributed by atoms with Crippen molar-refractivity contribution in [1.29, 1.82) is 0 Å². The Balaban J connectivity index is 1.76. The average molecular weight is 356 g/mol. The summed E-state index contributed by atoms with van der Waals surface area (Å²) in [6.45, 7) is 1.71. The number of alkyl halides is 1. The second-order valence-electron chi connectivity index (χ2n) is 6.38. The molecule has 0 aromatic heterocycles. The highest BCUT2D eigenvalue weighted by Gasteiger charge is 2.42. The molecule has 3 rings (SSSR count). The van der Waals surface area contributed by atoms with Crippen LogP contribution in [0.5, 0.6) is 0 Å². The summed E-state index contributed by atoms with van der Waals surface area (Å²) in [5.41, 5.74) is 0.278. The number of benzene rings is 1. The molecule has 0 N–H and O–H groups in total. The van der Waals surface area contributed by atoms with E-state index in [4.69, 9.17) is 4.84 Å². The number of carbonyl (C=O) groups is 2. The van der Waals surface area contributed by atoms with Crippen molar-refractivity contribution in [1.82, 2.24) is 9.96 Å². The van der Waals surface area contributed by atoms with Gasteiger partial charge in [-0.2, -0.15) is 0 Å². The maximum Gasteiger partial charge on any atom is 0.252 e. The van der Waals surface area contributed by atoms with Crippen LogP contribution in [0.15, 0.2) is 18.2 Å². The van der Waals surface area contributed by atoms with Gasteiger partial charge in [-0.05, 0) is 24.1 Å². The molecule has 2 amide bonds. The third-order valence-electron chi connectivity index (χ3n) is 4.70. The molecule has 136 valence electrons. The SMILES string of the molecule is CC(=O)N1CC[C@H](C(=O)N2OCCC2c2cc(F)cc(F)c2)[C@H](F)C1. The first-order chi connectivity index (χ1) is 11.9. The van der Waals surface area contributed by atoms with Gasteiger partial charge in [-0.15, -0.1) is 0 Å². The third-order valence-corrected chi connectivity index (χ3v) is 4.70. The summed E-state index contributed by atoms with van der Waals surface area (Å²) in [6, 6.07) is 2.39. The molecule has 3 atom stereocenters. The molecule has 1 unspecified atom stereocenters. The molecule has 2 aliphatic rings. The van der Waals surface area contributed by atoms with Crippen LogP contribution >= 0.6 is 0 Å². The zero-order valence-corrected chi connectivity index (χ0v) is 13.8. The number of nitrogens with zero attached hydrogens (tertiary/aromatic N) is 2. The predicted molar refractivity (Wildman–Crippen MR) is 81.8 cm³/mol. The minimum atomic E-state index is -1.50. The number of hydroxylamine groups is 2. The van der Waals surface area contributed by atoms with Crippen LogP contribution in [0, 0.1) is 17.6 Å². The van der Waals surface area contributed by atoms with E-state index >= 15 is 0 Å². The normalized spacial score (nSPS) is 26.8. The van der Waals surface area contributed by atoms with E-state index < -0.39 is 35.7 Å². The number of hydrogen-bond donors (Lipinski definition) is 0. The van der Waals surface area contributed by atoms with Gasteiger partial charge in [0.1, 0.15) is 17.8 Å². The zero-order valence-electron chi connectivity index (χ0n) is 13.8. The minimum Gasteiger partial charge on any atom is -0.340 e. The Morgan fingerprint density at radius 1 is 1.16 bits per heavy atom. The standard InChI is InChI=1S/C17H19F3N2O3/c1-10(23)21-4-2-14(15(20)9-21)17(24)22-16(3-5-25-22)11-6-12(18)8-13(19)7-11/h6-8,14-16H,2-5,9H2,1H3/t14-,15+,16?/m0/s1. The second kappa shape index (κ2) is 7.03. The summed E-state index contributed by atoms with van der Waals surface area (Å²) < 4.78 is 41.3. The largest absolute Gasteiger partial charge is 0.340 e. The number of amides is 2. The van der Waals surface area contributed by atoms with E-state index in [0.717, 1.165) is 23.3 Å². The van der Waals surface area contributed by atoms with Crippen molar-refractivity contribution in [3.05, 3.63) is 35.4 Å². The number of piperidine rings is 1. The van der Waals surface area contributed by atoms with Gasteiger partial charge in [0, 0.05) is 26.0 Å². The molecule has 2 heterocycles. The van der Waals surface area contributed by atoms with Crippen LogP contribution in [0.25, 0.3) is 0 Å². The maximum atomic E-state index is 14.4. The van der Waals surface area contributed by atoms with E-state index in [1.165, 1.54) is 11.8 Å². The molecule has 0 saturated carbocycles. The lowest BCUT2D eigenvalue weighted by molar-refractivity contribution is -0.186. The van der Waals surface area contributed by atoms with Crippen molar-refractivity contribution in [2.75, 3.05) is 19.7 Å². The van der Waals surface area contributed by atoms with Crippen molar-refractivity contribution in [2.45, 2.75) is 32.0 Å². The van der Waals surface area contributed by atoms with E-state index in [-0.39, 0.29) is 31.0 Å². The number of hydrogen-bond acceptors (Lipinski definition) is 3. The summed E-state index contributed by atoms with van der Waals surface area (Å²) in [7, 11) is 0. The smallest absolute Gasteiger partial charge is 0.252 e. The highest BCUT2D eigenvalue weighted by atomic mass is 19.1. The van der Waals surface area contributed by atoms with Crippen LogP contribution in [0.3, 0.4) is 0 Å². The number of carbonyl (C=O) groups excluding carboxylic acids is 2. The number of likely N-dealkylation sites (tertiary alicyclic amines) is 1. The van der Waals surface area contributed by atoms with Crippen molar-refractivity contribution < 1.29 is 27.6 Å². The molecule has 0 spiro atoms. The van der Waals surface area contributed by atoms with Gasteiger partial charge in [-0.3, -0.25) is 14.4 Å². The summed E-state index contributed by atoms with van der Waals surface area (Å²) in [6.07, 6.45) is -0.944. The van der Waals surface area contributed by atoms with E-state index in [9.17, 15) is 22.8 Å². The second-order valence-corrected chi connectivity index (χ2v) is 6.38. The molecule has 2 saturated heterocycles. The number of rotatable bonds is 2. The molecular formula is C17H19F3N2O3. The van der Waals surface area contributed by atoms with E-state index in [2.05, 4.69) is 0 Å². The van der Waals surface area contributed by atoms with Gasteiger partial charge in [0.05, 0.1) is 25.1 Å². The zero-order chi connectivity index (χ0) is 18.1. The molecular weight excluding hydrogens is 337 g/mol. The Labute approximate surface area is 143 Å². The predicted octanol–water partition coefficient (Wildman–Crippen LogP) is 2.38. The fourth-order valence-electron chi connectivity index (χ4n) is 3.39. The summed E-state index contributed by atoms with van der Waals surface area (Å²) in [5.74, 6) is -3.21. The Bertz CT molecular complexity index is 665. The quantitative estimate of drug-likeness (QED) is 0.818. The molecule has 25 heavy (non-hydrogen) atoms. The van der Waals surface area contributed by atoms with Crippen LogP contribution < -0.4 is 0 Å². The summed E-state index contributed by atoms with van der Waals surface area (Å²) in [5, 5.41) is 1.04. The van der Waals surface area contributed by atoms with Crippen molar-refractivity contribution >= 4 is 11.8 Å². The highest BCUT2D eigenvalue weighted by molar-refractivity contribution is 5.80. The van der Waals surface area contributed by atoms with Gasteiger partial charge in [0.2, 0.25) is 5.91 Å². The fourth-order valence-corrected chi connectivity index (χ4v) is 3.39. The van der Waals surface area contributed by atoms with Crippen molar-refractivity contribution in [3.8, 4) is 0 Å². The van der Waals surface area contributed by atoms with Crippen LogP contribution in [0.1, 0.15) is 31.4 Å². The Morgan fingerprint density at radius 2 is 1.84 bits per heavy atom. The first-order valence-electron chi connectivity index (χ1n) is 8.18. The highest BCUT2D eigenvalue weighted by Crippen LogP contribution is 2.34. The fraction of sp³-hybridized carbons (Fsp3) is 0.529. The van der Waals surface area contributed by atoms with Crippen LogP contribution in [-0.2, 0) is 14.4 Å². The molecule has 2 aliphatic heterocycles. The van der Waals surface area contributed by atoms with Gasteiger partial charge >= 0.3 is 0 Å². The van der Waals surface area contributed by atoms with Crippen LogP contribution in [0.2, 0.25) is 0 Å². The van der Waals surface area contributed by atoms with Gasteiger partial charge in [0.25, 0.3) is 5.91 Å². The molecule has 0 radical (unpaired) electrons. The monoisotopic (exact) mass is 356 g/mol. The average Bonchev–Trinajstić information content (AvgIpc) is 3.02. The molecule has 1 aromatic rings. The lowest BCUT2D eigenvalue weighted by atomic mass is 9.93. The van der Waals surface area contributed by atoms with Gasteiger partial charge in [-0.25, -0.2) is 18.2 Å². The van der Waals surface area contributed by atoms with Crippen molar-refractivity contribution in [2.24, 2.45) is 5.92 Å². The Hall–Kier alpha value is -2.09. The Kier molecular flexibility index (Phi) is 4.99. The first kappa shape index (κ1) is 17.7. The number of halogens is 3.